The van der Waals surface area contributed by atoms with Crippen LogP contribution < -0.4 is 5.32 Å². The van der Waals surface area contributed by atoms with Gasteiger partial charge < -0.3 is 14.7 Å². The second-order valence-electron chi connectivity index (χ2n) is 5.00. The highest BCUT2D eigenvalue weighted by Gasteiger charge is 2.22. The minimum Gasteiger partial charge on any atom is -0.356 e. The van der Waals surface area contributed by atoms with Crippen LogP contribution >= 0.6 is 0 Å². The fourth-order valence-corrected chi connectivity index (χ4v) is 2.48. The summed E-state index contributed by atoms with van der Waals surface area (Å²) in [6.07, 6.45) is 0.309. The van der Waals surface area contributed by atoms with Crippen LogP contribution in [0.2, 0.25) is 0 Å². The number of hydrogen-bond donors (Lipinski definition) is 1. The van der Waals surface area contributed by atoms with Crippen molar-refractivity contribution in [2.24, 2.45) is 0 Å². The minimum atomic E-state index is 0.118. The molecule has 1 saturated heterocycles. The number of amides is 1. The molecule has 1 amide bonds. The van der Waals surface area contributed by atoms with Crippen molar-refractivity contribution in [1.29, 1.82) is 0 Å². The number of carbonyl (C=O) groups is 1. The summed E-state index contributed by atoms with van der Waals surface area (Å²) in [5, 5.41) is 8.27. The van der Waals surface area contributed by atoms with E-state index in [1.165, 1.54) is 0 Å². The highest BCUT2D eigenvalue weighted by Crippen LogP contribution is 2.18. The van der Waals surface area contributed by atoms with Crippen molar-refractivity contribution in [3.8, 4) is 0 Å². The van der Waals surface area contributed by atoms with Crippen LogP contribution in [0.15, 0.2) is 28.8 Å². The molecule has 100 valence electrons. The molecule has 0 radical (unpaired) electrons. The van der Waals surface area contributed by atoms with Crippen molar-refractivity contribution >= 4 is 16.9 Å². The van der Waals surface area contributed by atoms with Crippen LogP contribution in [0.3, 0.4) is 0 Å². The van der Waals surface area contributed by atoms with Gasteiger partial charge in [0.1, 0.15) is 5.69 Å². The fraction of sp³-hybridized carbons (Fsp3) is 0.429. The number of nitrogens with zero attached hydrogens (tertiary/aromatic N) is 2. The van der Waals surface area contributed by atoms with E-state index >= 15 is 0 Å². The van der Waals surface area contributed by atoms with Crippen molar-refractivity contribution in [2.75, 3.05) is 19.6 Å². The predicted molar refractivity (Wildman–Crippen MR) is 71.8 cm³/mol. The zero-order chi connectivity index (χ0) is 13.2. The molecule has 0 spiro atoms. The van der Waals surface area contributed by atoms with Crippen LogP contribution in [0.25, 0.3) is 11.0 Å². The smallest absolute Gasteiger partial charge is 0.228 e. The average molecular weight is 259 g/mol. The van der Waals surface area contributed by atoms with E-state index in [1.807, 2.05) is 29.2 Å². The van der Waals surface area contributed by atoms with Gasteiger partial charge in [0.2, 0.25) is 5.91 Å². The number of hydrogen-bond acceptors (Lipinski definition) is 4. The first-order chi connectivity index (χ1) is 9.24. The molecule has 1 fully saturated rings. The van der Waals surface area contributed by atoms with E-state index in [0.29, 0.717) is 12.5 Å². The molecule has 0 bridgehead atoms. The number of nitrogens with one attached hydrogen (secondary N) is 1. The number of aromatic nitrogens is 1. The molecule has 0 saturated carbocycles. The maximum atomic E-state index is 12.3. The standard InChI is InChI=1S/C14H17N3O2/c1-10-9-17(7-6-15-10)14(18)8-12-11-4-2-3-5-13(11)19-16-12/h2-5,10,15H,6-9H2,1H3. The van der Waals surface area contributed by atoms with E-state index in [2.05, 4.69) is 17.4 Å². The van der Waals surface area contributed by atoms with Gasteiger partial charge in [-0.05, 0) is 19.1 Å². The summed E-state index contributed by atoms with van der Waals surface area (Å²) in [7, 11) is 0. The lowest BCUT2D eigenvalue weighted by Crippen LogP contribution is -2.51. The van der Waals surface area contributed by atoms with Crippen LogP contribution in [0, 0.1) is 0 Å². The number of benzene rings is 1. The van der Waals surface area contributed by atoms with Gasteiger partial charge in [-0.3, -0.25) is 4.79 Å². The van der Waals surface area contributed by atoms with Gasteiger partial charge in [-0.2, -0.15) is 0 Å². The molecule has 1 aliphatic heterocycles. The van der Waals surface area contributed by atoms with Crippen molar-refractivity contribution in [3.63, 3.8) is 0 Å². The molecule has 19 heavy (non-hydrogen) atoms. The van der Waals surface area contributed by atoms with Crippen molar-refractivity contribution in [2.45, 2.75) is 19.4 Å². The Morgan fingerprint density at radius 2 is 2.37 bits per heavy atom. The zero-order valence-electron chi connectivity index (χ0n) is 10.9. The van der Waals surface area contributed by atoms with Gasteiger partial charge in [0.25, 0.3) is 0 Å². The Labute approximate surface area is 111 Å². The lowest BCUT2D eigenvalue weighted by atomic mass is 10.1. The van der Waals surface area contributed by atoms with E-state index in [-0.39, 0.29) is 5.91 Å². The Balaban J connectivity index is 1.75. The van der Waals surface area contributed by atoms with Crippen LogP contribution in [0.1, 0.15) is 12.6 Å². The Kier molecular flexibility index (Phi) is 3.21. The van der Waals surface area contributed by atoms with Gasteiger partial charge in [0.15, 0.2) is 5.58 Å². The monoisotopic (exact) mass is 259 g/mol. The lowest BCUT2D eigenvalue weighted by molar-refractivity contribution is -0.131. The summed E-state index contributed by atoms with van der Waals surface area (Å²) in [6, 6.07) is 7.99. The second-order valence-corrected chi connectivity index (χ2v) is 5.00. The normalized spacial score (nSPS) is 19.8. The predicted octanol–water partition coefficient (Wildman–Crippen LogP) is 1.19. The number of piperazine rings is 1. The Morgan fingerprint density at radius 3 is 3.21 bits per heavy atom. The van der Waals surface area contributed by atoms with Gasteiger partial charge in [-0.15, -0.1) is 0 Å². The average Bonchev–Trinajstić information content (AvgIpc) is 2.82. The highest BCUT2D eigenvalue weighted by molar-refractivity contribution is 5.86. The number of carbonyl (C=O) groups excluding carboxylic acids is 1. The Bertz CT molecular complexity index is 593. The van der Waals surface area contributed by atoms with E-state index in [1.54, 1.807) is 0 Å². The van der Waals surface area contributed by atoms with E-state index < -0.39 is 0 Å². The number of rotatable bonds is 2. The van der Waals surface area contributed by atoms with Crippen molar-refractivity contribution in [1.82, 2.24) is 15.4 Å². The molecule has 5 nitrogen and oxygen atoms in total. The highest BCUT2D eigenvalue weighted by atomic mass is 16.5. The Hall–Kier alpha value is -1.88. The maximum Gasteiger partial charge on any atom is 0.228 e. The van der Waals surface area contributed by atoms with E-state index in [0.717, 1.165) is 36.3 Å². The number of fused-ring (bicyclic) bond motifs is 1. The first kappa shape index (κ1) is 12.2. The van der Waals surface area contributed by atoms with Gasteiger partial charge in [-0.1, -0.05) is 17.3 Å². The molecule has 1 aromatic carbocycles. The molecule has 5 heteroatoms. The zero-order valence-corrected chi connectivity index (χ0v) is 10.9. The number of para-hydroxylation sites is 1. The molecular formula is C14H17N3O2. The molecule has 0 aliphatic carbocycles. The van der Waals surface area contributed by atoms with Crippen LogP contribution in [-0.4, -0.2) is 41.6 Å². The van der Waals surface area contributed by atoms with Crippen molar-refractivity contribution in [3.05, 3.63) is 30.0 Å². The molecule has 2 heterocycles. The largest absolute Gasteiger partial charge is 0.356 e. The molecule has 1 aromatic heterocycles. The summed E-state index contributed by atoms with van der Waals surface area (Å²) in [5.41, 5.74) is 1.46. The van der Waals surface area contributed by atoms with Gasteiger partial charge >= 0.3 is 0 Å². The van der Waals surface area contributed by atoms with Gasteiger partial charge in [-0.25, -0.2) is 0 Å². The van der Waals surface area contributed by atoms with E-state index in [9.17, 15) is 4.79 Å². The molecular weight excluding hydrogens is 242 g/mol. The summed E-state index contributed by atoms with van der Waals surface area (Å²) >= 11 is 0. The van der Waals surface area contributed by atoms with Crippen LogP contribution in [0.4, 0.5) is 0 Å². The summed E-state index contributed by atoms with van der Waals surface area (Å²) in [6.45, 7) is 4.46. The molecule has 1 atom stereocenters. The van der Waals surface area contributed by atoms with Gasteiger partial charge in [0.05, 0.1) is 6.42 Å². The van der Waals surface area contributed by atoms with Crippen LogP contribution in [0.5, 0.6) is 0 Å². The third-order valence-corrected chi connectivity index (χ3v) is 3.49. The molecule has 1 unspecified atom stereocenters. The van der Waals surface area contributed by atoms with Crippen LogP contribution in [-0.2, 0) is 11.2 Å². The lowest BCUT2D eigenvalue weighted by Gasteiger charge is -2.31. The molecule has 1 aliphatic rings. The topological polar surface area (TPSA) is 58.4 Å². The summed E-state index contributed by atoms with van der Waals surface area (Å²) < 4.78 is 5.23. The maximum absolute atomic E-state index is 12.3. The molecule has 1 N–H and O–H groups in total. The summed E-state index contributed by atoms with van der Waals surface area (Å²) in [5.74, 6) is 0.118. The molecule has 3 rings (SSSR count). The summed E-state index contributed by atoms with van der Waals surface area (Å²) in [4.78, 5) is 14.2. The third-order valence-electron chi connectivity index (χ3n) is 3.49. The first-order valence-corrected chi connectivity index (χ1v) is 6.58. The quantitative estimate of drug-likeness (QED) is 0.880. The minimum absolute atomic E-state index is 0.118. The van der Waals surface area contributed by atoms with E-state index in [4.69, 9.17) is 4.52 Å². The second kappa shape index (κ2) is 5.01. The molecule has 2 aromatic rings. The third kappa shape index (κ3) is 2.46. The fourth-order valence-electron chi connectivity index (χ4n) is 2.48. The van der Waals surface area contributed by atoms with Crippen molar-refractivity contribution < 1.29 is 9.32 Å². The Morgan fingerprint density at radius 1 is 1.53 bits per heavy atom. The SMILES string of the molecule is CC1CN(C(=O)Cc2noc3ccccc23)CCN1. The first-order valence-electron chi connectivity index (χ1n) is 6.58. The van der Waals surface area contributed by atoms with Gasteiger partial charge in [0, 0.05) is 31.1 Å².